The Morgan fingerprint density at radius 1 is 1.25 bits per heavy atom. The van der Waals surface area contributed by atoms with Gasteiger partial charge in [0.25, 0.3) is 0 Å². The van der Waals surface area contributed by atoms with Gasteiger partial charge in [0.2, 0.25) is 0 Å². The number of methoxy groups -OCH3 is 1. The molecular formula is C14H13N3O3. The Morgan fingerprint density at radius 2 is 2.00 bits per heavy atom. The molecule has 0 amide bonds. The van der Waals surface area contributed by atoms with Crippen molar-refractivity contribution in [3.63, 3.8) is 0 Å². The first-order chi connectivity index (χ1) is 9.58. The normalized spacial score (nSPS) is 10.1. The van der Waals surface area contributed by atoms with E-state index in [0.29, 0.717) is 11.4 Å². The minimum absolute atomic E-state index is 0.153. The summed E-state index contributed by atoms with van der Waals surface area (Å²) < 4.78 is 7.50. The average Bonchev–Trinajstić information content (AvgIpc) is 2.44. The molecule has 6 heteroatoms. The maximum Gasteiger partial charge on any atom is 0.321 e. The fourth-order valence-corrected chi connectivity index (χ4v) is 1.89. The standard InChI is InChI=1S/C14H13N3O3/c1-10-3-4-12(20-2)11(9-10)17-8-7-16(6-5-15)13(18)14(17)19/h3-4,7-9H,6H2,1-2H3. The number of ether oxygens (including phenoxy) is 1. The molecule has 20 heavy (non-hydrogen) atoms. The summed E-state index contributed by atoms with van der Waals surface area (Å²) in [6, 6.07) is 7.18. The van der Waals surface area contributed by atoms with Crippen LogP contribution in [-0.4, -0.2) is 16.2 Å². The fraction of sp³-hybridized carbons (Fsp3) is 0.214. The van der Waals surface area contributed by atoms with Crippen molar-refractivity contribution in [1.82, 2.24) is 9.13 Å². The Bertz CT molecular complexity index is 797. The smallest absolute Gasteiger partial charge is 0.321 e. The van der Waals surface area contributed by atoms with Gasteiger partial charge in [0, 0.05) is 12.4 Å². The molecule has 0 unspecified atom stereocenters. The minimum Gasteiger partial charge on any atom is -0.495 e. The van der Waals surface area contributed by atoms with E-state index in [1.807, 2.05) is 19.1 Å². The molecule has 0 atom stereocenters. The quantitative estimate of drug-likeness (QED) is 0.775. The Labute approximate surface area is 115 Å². The second kappa shape index (κ2) is 5.45. The van der Waals surface area contributed by atoms with Gasteiger partial charge >= 0.3 is 11.1 Å². The first-order valence-corrected chi connectivity index (χ1v) is 5.92. The zero-order valence-electron chi connectivity index (χ0n) is 11.2. The molecular weight excluding hydrogens is 258 g/mol. The molecule has 0 bridgehead atoms. The van der Waals surface area contributed by atoms with Crippen molar-refractivity contribution in [3.05, 3.63) is 56.9 Å². The van der Waals surface area contributed by atoms with Gasteiger partial charge in [-0.2, -0.15) is 5.26 Å². The Hall–Kier alpha value is -2.81. The maximum atomic E-state index is 12.1. The van der Waals surface area contributed by atoms with Crippen LogP contribution in [0.15, 0.2) is 40.2 Å². The van der Waals surface area contributed by atoms with E-state index >= 15 is 0 Å². The summed E-state index contributed by atoms with van der Waals surface area (Å²) in [5.41, 5.74) is -0.0168. The summed E-state index contributed by atoms with van der Waals surface area (Å²) in [5, 5.41) is 8.60. The third kappa shape index (κ3) is 2.34. The van der Waals surface area contributed by atoms with Crippen LogP contribution >= 0.6 is 0 Å². The van der Waals surface area contributed by atoms with Crippen LogP contribution in [0.3, 0.4) is 0 Å². The van der Waals surface area contributed by atoms with Crippen molar-refractivity contribution < 1.29 is 4.74 Å². The van der Waals surface area contributed by atoms with Crippen LogP contribution in [0.5, 0.6) is 5.75 Å². The van der Waals surface area contributed by atoms with Crippen molar-refractivity contribution >= 4 is 0 Å². The number of nitrogens with zero attached hydrogens (tertiary/aromatic N) is 3. The molecule has 0 aliphatic carbocycles. The van der Waals surface area contributed by atoms with Gasteiger partial charge in [-0.1, -0.05) is 6.07 Å². The number of aryl methyl sites for hydroxylation is 1. The predicted molar refractivity (Wildman–Crippen MR) is 73.2 cm³/mol. The molecule has 0 radical (unpaired) electrons. The van der Waals surface area contributed by atoms with Crippen molar-refractivity contribution in [2.75, 3.05) is 7.11 Å². The van der Waals surface area contributed by atoms with Gasteiger partial charge in [-0.25, -0.2) is 0 Å². The Kier molecular flexibility index (Phi) is 3.71. The number of rotatable bonds is 3. The number of benzene rings is 1. The summed E-state index contributed by atoms with van der Waals surface area (Å²) in [4.78, 5) is 24.0. The highest BCUT2D eigenvalue weighted by atomic mass is 16.5. The molecule has 0 saturated heterocycles. The summed E-state index contributed by atoms with van der Waals surface area (Å²) in [6.45, 7) is 1.73. The van der Waals surface area contributed by atoms with Gasteiger partial charge in [-0.15, -0.1) is 0 Å². The highest BCUT2D eigenvalue weighted by Crippen LogP contribution is 2.22. The van der Waals surface area contributed by atoms with E-state index in [4.69, 9.17) is 10.00 Å². The highest BCUT2D eigenvalue weighted by Gasteiger charge is 2.10. The predicted octanol–water partition coefficient (Wildman–Crippen LogP) is 0.840. The lowest BCUT2D eigenvalue weighted by molar-refractivity contribution is 0.412. The molecule has 6 nitrogen and oxygen atoms in total. The zero-order valence-corrected chi connectivity index (χ0v) is 11.2. The third-order valence-electron chi connectivity index (χ3n) is 2.89. The second-order valence-corrected chi connectivity index (χ2v) is 4.24. The molecule has 0 aliphatic heterocycles. The molecule has 0 saturated carbocycles. The van der Waals surface area contributed by atoms with Gasteiger partial charge in [0.1, 0.15) is 12.3 Å². The van der Waals surface area contributed by atoms with Gasteiger partial charge in [-0.05, 0) is 24.6 Å². The fourth-order valence-electron chi connectivity index (χ4n) is 1.89. The van der Waals surface area contributed by atoms with E-state index in [1.165, 1.54) is 24.1 Å². The summed E-state index contributed by atoms with van der Waals surface area (Å²) >= 11 is 0. The number of nitriles is 1. The SMILES string of the molecule is COc1ccc(C)cc1-n1ccn(CC#N)c(=O)c1=O. The molecule has 0 N–H and O–H groups in total. The van der Waals surface area contributed by atoms with Crippen LogP contribution in [0.25, 0.3) is 5.69 Å². The molecule has 0 fully saturated rings. The lowest BCUT2D eigenvalue weighted by atomic mass is 10.2. The number of hydrogen-bond donors (Lipinski definition) is 0. The molecule has 0 spiro atoms. The molecule has 102 valence electrons. The van der Waals surface area contributed by atoms with Gasteiger partial charge < -0.3 is 4.74 Å². The lowest BCUT2D eigenvalue weighted by Gasteiger charge is -2.12. The maximum absolute atomic E-state index is 12.1. The van der Waals surface area contributed by atoms with E-state index < -0.39 is 11.1 Å². The van der Waals surface area contributed by atoms with Crippen molar-refractivity contribution in [2.24, 2.45) is 0 Å². The minimum atomic E-state index is -0.738. The van der Waals surface area contributed by atoms with E-state index in [0.717, 1.165) is 10.1 Å². The average molecular weight is 271 g/mol. The van der Waals surface area contributed by atoms with Crippen LogP contribution in [0.1, 0.15) is 5.56 Å². The van der Waals surface area contributed by atoms with Gasteiger partial charge in [-0.3, -0.25) is 18.7 Å². The summed E-state index contributed by atoms with van der Waals surface area (Å²) in [6.07, 6.45) is 2.87. The van der Waals surface area contributed by atoms with Crippen LogP contribution in [0, 0.1) is 18.3 Å². The van der Waals surface area contributed by atoms with Crippen LogP contribution in [0.4, 0.5) is 0 Å². The number of aromatic nitrogens is 2. The molecule has 1 aromatic carbocycles. The zero-order chi connectivity index (χ0) is 14.7. The van der Waals surface area contributed by atoms with Gasteiger partial charge in [0.15, 0.2) is 0 Å². The lowest BCUT2D eigenvalue weighted by Crippen LogP contribution is -2.39. The Balaban J connectivity index is 2.69. The van der Waals surface area contributed by atoms with Gasteiger partial charge in [0.05, 0.1) is 18.9 Å². The molecule has 1 heterocycles. The topological polar surface area (TPSA) is 77.0 Å². The van der Waals surface area contributed by atoms with Crippen molar-refractivity contribution in [3.8, 4) is 17.5 Å². The molecule has 0 aliphatic rings. The van der Waals surface area contributed by atoms with Crippen molar-refractivity contribution in [2.45, 2.75) is 13.5 Å². The first kappa shape index (κ1) is 13.6. The molecule has 1 aromatic heterocycles. The Morgan fingerprint density at radius 3 is 2.65 bits per heavy atom. The first-order valence-electron chi connectivity index (χ1n) is 5.92. The third-order valence-corrected chi connectivity index (χ3v) is 2.89. The molecule has 2 rings (SSSR count). The van der Waals surface area contributed by atoms with Crippen LogP contribution in [-0.2, 0) is 6.54 Å². The van der Waals surface area contributed by atoms with E-state index in [1.54, 1.807) is 12.1 Å². The van der Waals surface area contributed by atoms with E-state index in [-0.39, 0.29) is 6.54 Å². The summed E-state index contributed by atoms with van der Waals surface area (Å²) in [7, 11) is 1.50. The number of hydrogen-bond acceptors (Lipinski definition) is 4. The highest BCUT2D eigenvalue weighted by molar-refractivity contribution is 5.48. The largest absolute Gasteiger partial charge is 0.495 e. The molecule has 2 aromatic rings. The van der Waals surface area contributed by atoms with Crippen molar-refractivity contribution in [1.29, 1.82) is 5.26 Å². The monoisotopic (exact) mass is 271 g/mol. The van der Waals surface area contributed by atoms with E-state index in [2.05, 4.69) is 0 Å². The summed E-state index contributed by atoms with van der Waals surface area (Å²) in [5.74, 6) is 0.495. The second-order valence-electron chi connectivity index (χ2n) is 4.24. The van der Waals surface area contributed by atoms with Crippen LogP contribution in [0.2, 0.25) is 0 Å². The van der Waals surface area contributed by atoms with Crippen LogP contribution < -0.4 is 15.9 Å². The van der Waals surface area contributed by atoms with E-state index in [9.17, 15) is 9.59 Å².